The van der Waals surface area contributed by atoms with Crippen LogP contribution in [0.4, 0.5) is 0 Å². The Hall–Kier alpha value is -9.44. The van der Waals surface area contributed by atoms with Gasteiger partial charge in [0.1, 0.15) is 23.0 Å². The minimum absolute atomic E-state index is 0.176. The normalized spacial score (nSPS) is 15.3. The lowest BCUT2D eigenvalue weighted by Gasteiger charge is -2.35. The molecule has 0 unspecified atom stereocenters. The van der Waals surface area contributed by atoms with Crippen molar-refractivity contribution < 1.29 is 28.5 Å². The third-order valence-corrected chi connectivity index (χ3v) is 26.5. The predicted octanol–water partition coefficient (Wildman–Crippen LogP) is 29.0. The molecule has 13 rings (SSSR count). The van der Waals surface area contributed by atoms with Gasteiger partial charge < -0.3 is 18.9 Å². The second-order valence-corrected chi connectivity index (χ2v) is 33.9. The van der Waals surface area contributed by atoms with Crippen LogP contribution in [0.15, 0.2) is 168 Å². The summed E-state index contributed by atoms with van der Waals surface area (Å²) >= 11 is 29.9. The fraction of sp³-hybridized carbons (Fsp3) is 0.347. The Kier molecular flexibility index (Phi) is 27.8. The number of unbranched alkanes of at least 4 members (excludes halogenated alkanes) is 20. The fourth-order valence-electron chi connectivity index (χ4n) is 16.8. The van der Waals surface area contributed by atoms with E-state index in [4.69, 9.17) is 78.5 Å². The summed E-state index contributed by atoms with van der Waals surface area (Å²) in [5, 5.41) is 22.1. The highest BCUT2D eigenvalue weighted by Gasteiger charge is 2.54. The van der Waals surface area contributed by atoms with Crippen LogP contribution >= 0.6 is 69.1 Å². The van der Waals surface area contributed by atoms with Crippen molar-refractivity contribution in [2.75, 3.05) is 26.4 Å². The molecule has 0 amide bonds. The molecule has 0 fully saturated rings. The highest BCUT2D eigenvalue weighted by atomic mass is 35.5. The molecule has 114 heavy (non-hydrogen) atoms. The molecule has 0 bridgehead atoms. The molecule has 582 valence electrons. The van der Waals surface area contributed by atoms with Crippen molar-refractivity contribution >= 4 is 104 Å². The highest BCUT2D eigenvalue weighted by molar-refractivity contribution is 7.14. The van der Waals surface area contributed by atoms with Crippen molar-refractivity contribution in [1.29, 1.82) is 10.5 Å². The minimum atomic E-state index is -1.10. The lowest BCUT2D eigenvalue weighted by molar-refractivity contribution is 0.103. The Morgan fingerprint density at radius 1 is 0.368 bits per heavy atom. The first-order valence-corrected chi connectivity index (χ1v) is 43.8. The first-order valence-electron chi connectivity index (χ1n) is 40.7. The van der Waals surface area contributed by atoms with Crippen molar-refractivity contribution in [3.05, 3.63) is 286 Å². The molecule has 4 aliphatic carbocycles. The SMILES string of the molecule is [C-]#[N+]/C(C#N)=C1\C(=C\c2cc3c(s2)C(c2ccc(OCCCCCCCC)cc2)(c2ccc(OCCCCCCCC)cc2)c2cc4c(cc2-3)C(c2ccc(OCCCCCCCC)cc2)(c2ccc(OCCCCCCCC)cc2)c2sc(/C=C3\C(=O)c5cc(Cl)c(Cl)cc5\C3=C(\C#N)[N+]#[C-])cc2-4)C(=O)c2cc(Cl)c(Cl)cc21. The predicted molar refractivity (Wildman–Crippen MR) is 468 cm³/mol. The maximum atomic E-state index is 15.1. The van der Waals surface area contributed by atoms with Gasteiger partial charge in [0.15, 0.2) is 11.6 Å². The Labute approximate surface area is 700 Å². The summed E-state index contributed by atoms with van der Waals surface area (Å²) in [5.74, 6) is 2.21. The molecule has 0 saturated heterocycles. The molecular formula is C98H94Cl4N4O6S2. The average Bonchev–Trinajstić information content (AvgIpc) is 1.50. The molecule has 2 heterocycles. The molecule has 2 aromatic heterocycles. The van der Waals surface area contributed by atoms with E-state index in [0.29, 0.717) is 47.3 Å². The molecular weight excluding hydrogens is 1540 g/mol. The van der Waals surface area contributed by atoms with Crippen LogP contribution in [0.2, 0.25) is 20.1 Å². The Morgan fingerprint density at radius 3 is 0.895 bits per heavy atom. The zero-order valence-corrected chi connectivity index (χ0v) is 70.0. The van der Waals surface area contributed by atoms with Crippen LogP contribution in [0, 0.1) is 35.8 Å². The van der Waals surface area contributed by atoms with Gasteiger partial charge in [0, 0.05) is 52.9 Å². The second kappa shape index (κ2) is 38.3. The van der Waals surface area contributed by atoms with Crippen LogP contribution in [-0.4, -0.2) is 38.0 Å². The van der Waals surface area contributed by atoms with Crippen LogP contribution in [0.5, 0.6) is 23.0 Å². The topological polar surface area (TPSA) is 127 Å². The van der Waals surface area contributed by atoms with E-state index < -0.39 is 10.8 Å². The number of hydrogen-bond donors (Lipinski definition) is 0. The van der Waals surface area contributed by atoms with Gasteiger partial charge >= 0.3 is 0 Å². The summed E-state index contributed by atoms with van der Waals surface area (Å²) in [6.45, 7) is 27.8. The molecule has 16 heteroatoms. The number of rotatable bonds is 38. The first kappa shape index (κ1) is 82.5. The number of carbonyl (C=O) groups is 2. The smallest absolute Gasteiger partial charge is 0.270 e. The van der Waals surface area contributed by atoms with Crippen molar-refractivity contribution in [3.8, 4) is 57.4 Å². The molecule has 0 saturated carbocycles. The zero-order chi connectivity index (χ0) is 79.9. The van der Waals surface area contributed by atoms with Gasteiger partial charge in [0.05, 0.1) is 82.6 Å². The first-order chi connectivity index (χ1) is 55.7. The van der Waals surface area contributed by atoms with Gasteiger partial charge in [-0.3, -0.25) is 9.59 Å². The number of ether oxygens (including phenoxy) is 4. The third-order valence-electron chi connectivity index (χ3n) is 22.6. The summed E-state index contributed by atoms with van der Waals surface area (Å²) in [6.07, 6.45) is 30.7. The van der Waals surface area contributed by atoms with Gasteiger partial charge in [-0.1, -0.05) is 251 Å². The lowest BCUT2D eigenvalue weighted by Crippen LogP contribution is -2.29. The summed E-state index contributed by atoms with van der Waals surface area (Å²) in [4.78, 5) is 41.0. The Balaban J connectivity index is 1.07. The van der Waals surface area contributed by atoms with Crippen LogP contribution in [-0.2, 0) is 10.8 Å². The minimum Gasteiger partial charge on any atom is -0.494 e. The summed E-state index contributed by atoms with van der Waals surface area (Å²) in [7, 11) is 0. The molecule has 0 spiro atoms. The second-order valence-electron chi connectivity index (χ2n) is 30.1. The van der Waals surface area contributed by atoms with Crippen LogP contribution < -0.4 is 18.9 Å². The van der Waals surface area contributed by atoms with E-state index in [-0.39, 0.29) is 76.5 Å². The monoisotopic (exact) mass is 1630 g/mol. The molecule has 0 radical (unpaired) electrons. The van der Waals surface area contributed by atoms with Crippen molar-refractivity contribution in [1.82, 2.24) is 0 Å². The number of carbonyl (C=O) groups excluding carboxylic acids is 2. The number of nitriles is 2. The van der Waals surface area contributed by atoms with Gasteiger partial charge in [-0.15, -0.1) is 22.7 Å². The van der Waals surface area contributed by atoms with E-state index in [2.05, 4.69) is 171 Å². The van der Waals surface area contributed by atoms with Gasteiger partial charge in [-0.2, -0.15) is 0 Å². The lowest BCUT2D eigenvalue weighted by atomic mass is 9.68. The third kappa shape index (κ3) is 16.9. The van der Waals surface area contributed by atoms with E-state index in [1.54, 1.807) is 34.8 Å². The maximum Gasteiger partial charge on any atom is 0.270 e. The van der Waals surface area contributed by atoms with Gasteiger partial charge in [0.25, 0.3) is 11.4 Å². The number of Topliss-reactive ketones (excluding diaryl/α,β-unsaturated/α-hetero) is 2. The molecule has 0 aliphatic heterocycles. The number of nitrogens with zero attached hydrogens (tertiary/aromatic N) is 4. The van der Waals surface area contributed by atoms with Crippen LogP contribution in [0.1, 0.15) is 267 Å². The summed E-state index contributed by atoms with van der Waals surface area (Å²) in [5.41, 5.74) is 8.77. The fourth-order valence-corrected chi connectivity index (χ4v) is 20.2. The molecule has 0 atom stereocenters. The van der Waals surface area contributed by atoms with Crippen LogP contribution in [0.3, 0.4) is 0 Å². The van der Waals surface area contributed by atoms with E-state index >= 15 is 9.59 Å². The number of allylic oxidation sites excluding steroid dienone is 6. The Bertz CT molecular complexity index is 4880. The van der Waals surface area contributed by atoms with Crippen molar-refractivity contribution in [2.45, 2.75) is 193 Å². The van der Waals surface area contributed by atoms with Crippen molar-refractivity contribution in [2.24, 2.45) is 0 Å². The number of hydrogen-bond acceptors (Lipinski definition) is 10. The number of fused-ring (bicyclic) bond motifs is 8. The highest BCUT2D eigenvalue weighted by Crippen LogP contribution is 2.66. The zero-order valence-electron chi connectivity index (χ0n) is 65.4. The summed E-state index contributed by atoms with van der Waals surface area (Å²) in [6, 6.07) is 53.5. The van der Waals surface area contributed by atoms with E-state index in [1.807, 2.05) is 12.2 Å². The van der Waals surface area contributed by atoms with Gasteiger partial charge in [0.2, 0.25) is 0 Å². The molecule has 7 aromatic carbocycles. The number of halogens is 4. The average molecular weight is 1630 g/mol. The maximum absolute atomic E-state index is 15.1. The number of ketones is 2. The largest absolute Gasteiger partial charge is 0.494 e. The molecule has 0 N–H and O–H groups in total. The van der Waals surface area contributed by atoms with Gasteiger partial charge in [-0.05, 0) is 202 Å². The molecule has 9 aromatic rings. The molecule has 10 nitrogen and oxygen atoms in total. The molecule has 4 aliphatic rings. The van der Waals surface area contributed by atoms with E-state index in [9.17, 15) is 10.5 Å². The number of benzene rings is 7. The van der Waals surface area contributed by atoms with Crippen LogP contribution in [0.25, 0.3) is 55.2 Å². The number of thiophene rings is 2. The standard InChI is InChI=1S/C98H94Cl4N4O6S2/c1-7-11-15-19-23-27-47-109-67-39-31-63(32-40-67)97(64-33-41-68(42-34-64)110-48-28-24-20-16-12-8-2)83-55-74-80-52-72(54-82-92(90(62-104)106-6)76-58-86(100)88(102)60-78(76)94(82)108)114-96(80)98(65-35-43-69(44-36-65)111-49-29-25-21-17-13-9-3,66-37-45-70(46-38-66)112-50-30-26-22-18-14-10-4)84(74)56-73(83)79-51-71(113-95(79)97)53-81-91(89(61-103)105-5)75-57-85(99)87(101)59-77(75)93(81)107/h31-46,51-60H,7-30,47-50H2,1-4H3/b81-53-,82-54-,91-89-,92-90+. The van der Waals surface area contributed by atoms with Crippen molar-refractivity contribution in [3.63, 3.8) is 0 Å². The quantitative estimate of drug-likeness (QED) is 0.0162. The van der Waals surface area contributed by atoms with Gasteiger partial charge in [-0.25, -0.2) is 20.2 Å². The Morgan fingerprint density at radius 2 is 0.632 bits per heavy atom. The summed E-state index contributed by atoms with van der Waals surface area (Å²) < 4.78 is 26.4. The van der Waals surface area contributed by atoms with E-state index in [1.165, 1.54) is 89.2 Å². The van der Waals surface area contributed by atoms with E-state index in [0.717, 1.165) is 165 Å².